The van der Waals surface area contributed by atoms with E-state index >= 15 is 0 Å². The fourth-order valence-corrected chi connectivity index (χ4v) is 2.22. The first-order valence-electron chi connectivity index (χ1n) is 6.96. The van der Waals surface area contributed by atoms with Crippen LogP contribution >= 0.6 is 12.2 Å². The van der Waals surface area contributed by atoms with Crippen LogP contribution in [0, 0.1) is 10.7 Å². The zero-order valence-electron chi connectivity index (χ0n) is 13.0. The average Bonchev–Trinajstić information content (AvgIpc) is 2.70. The van der Waals surface area contributed by atoms with Crippen LogP contribution in [-0.4, -0.2) is 25.0 Å². The second-order valence-electron chi connectivity index (χ2n) is 6.60. The Balaban J connectivity index is 2.62. The lowest BCUT2D eigenvalue weighted by Gasteiger charge is -2.17. The van der Waals surface area contributed by atoms with Gasteiger partial charge in [-0.25, -0.2) is 5.10 Å². The monoisotopic (exact) mass is 307 g/mol. The van der Waals surface area contributed by atoms with E-state index in [1.54, 1.807) is 6.07 Å². The molecule has 6 nitrogen and oxygen atoms in total. The average molecular weight is 307 g/mol. The zero-order chi connectivity index (χ0) is 15.8. The summed E-state index contributed by atoms with van der Waals surface area (Å²) < 4.78 is 2.38. The van der Waals surface area contributed by atoms with E-state index in [9.17, 15) is 4.79 Å². The Morgan fingerprint density at radius 3 is 2.52 bits per heavy atom. The first kappa shape index (κ1) is 15.6. The smallest absolute Gasteiger partial charge is 0.275 e. The summed E-state index contributed by atoms with van der Waals surface area (Å²) in [5.41, 5.74) is 0.876. The van der Waals surface area contributed by atoms with Crippen molar-refractivity contribution >= 4 is 12.2 Å². The molecule has 21 heavy (non-hydrogen) atoms. The maximum atomic E-state index is 12.1. The van der Waals surface area contributed by atoms with Gasteiger partial charge in [0.05, 0.1) is 11.3 Å². The minimum Gasteiger partial charge on any atom is -0.300 e. The van der Waals surface area contributed by atoms with Crippen molar-refractivity contribution in [2.24, 2.45) is 5.92 Å². The normalized spacial score (nSPS) is 12.1. The van der Waals surface area contributed by atoms with Gasteiger partial charge in [0.2, 0.25) is 0 Å². The quantitative estimate of drug-likeness (QED) is 0.854. The number of aromatic amines is 2. The van der Waals surface area contributed by atoms with Gasteiger partial charge in [0.25, 0.3) is 5.56 Å². The van der Waals surface area contributed by atoms with Crippen molar-refractivity contribution in [2.75, 3.05) is 0 Å². The highest BCUT2D eigenvalue weighted by Crippen LogP contribution is 2.22. The highest BCUT2D eigenvalue weighted by Gasteiger charge is 2.20. The van der Waals surface area contributed by atoms with E-state index in [1.165, 1.54) is 0 Å². The molecule has 0 unspecified atom stereocenters. The van der Waals surface area contributed by atoms with Gasteiger partial charge in [0.15, 0.2) is 10.6 Å². The van der Waals surface area contributed by atoms with Crippen molar-refractivity contribution in [1.82, 2.24) is 25.0 Å². The molecule has 2 aromatic rings. The maximum absolute atomic E-state index is 12.1. The van der Waals surface area contributed by atoms with E-state index in [4.69, 9.17) is 12.2 Å². The Morgan fingerprint density at radius 1 is 1.29 bits per heavy atom. The molecule has 0 fully saturated rings. The van der Waals surface area contributed by atoms with E-state index in [0.29, 0.717) is 28.6 Å². The molecule has 2 aromatic heterocycles. The molecule has 0 amide bonds. The first-order chi connectivity index (χ1) is 9.70. The van der Waals surface area contributed by atoms with E-state index in [-0.39, 0.29) is 11.0 Å². The molecule has 0 aliphatic heterocycles. The molecular formula is C14H21N5OS. The third kappa shape index (κ3) is 3.29. The van der Waals surface area contributed by atoms with Gasteiger partial charge in [-0.15, -0.1) is 0 Å². The predicted octanol–water partition coefficient (Wildman–Crippen LogP) is 2.64. The Labute approximate surface area is 128 Å². The van der Waals surface area contributed by atoms with Gasteiger partial charge in [-0.1, -0.05) is 34.6 Å². The van der Waals surface area contributed by atoms with E-state index in [1.807, 2.05) is 25.3 Å². The van der Waals surface area contributed by atoms with E-state index < -0.39 is 0 Å². The minimum atomic E-state index is -0.262. The lowest BCUT2D eigenvalue weighted by Crippen LogP contribution is -2.21. The molecule has 2 heterocycles. The van der Waals surface area contributed by atoms with Crippen molar-refractivity contribution in [2.45, 2.75) is 46.6 Å². The Hall–Kier alpha value is -1.76. The lowest BCUT2D eigenvalue weighted by molar-refractivity contribution is 0.520. The molecule has 0 atom stereocenters. The van der Waals surface area contributed by atoms with Crippen molar-refractivity contribution in [1.29, 1.82) is 0 Å². The van der Waals surface area contributed by atoms with Crippen LogP contribution in [-0.2, 0) is 12.0 Å². The Bertz CT molecular complexity index is 748. The summed E-state index contributed by atoms with van der Waals surface area (Å²) in [6, 6.07) is 1.79. The standard InChI is InChI=1S/C14H21N5OS/c1-8(2)7-19-11(16-18-13(19)21)9-6-10(14(3,4)5)15-17-12(9)20/h6,8H,7H2,1-5H3,(H,17,20)(H,18,21). The second-order valence-corrected chi connectivity index (χ2v) is 6.99. The van der Waals surface area contributed by atoms with E-state index in [0.717, 1.165) is 5.69 Å². The van der Waals surface area contributed by atoms with Crippen LogP contribution in [0.2, 0.25) is 0 Å². The lowest BCUT2D eigenvalue weighted by atomic mass is 9.91. The zero-order valence-corrected chi connectivity index (χ0v) is 13.8. The van der Waals surface area contributed by atoms with Crippen molar-refractivity contribution in [3.63, 3.8) is 0 Å². The molecule has 7 heteroatoms. The molecule has 0 bridgehead atoms. The molecule has 0 saturated heterocycles. The predicted molar refractivity (Wildman–Crippen MR) is 84.8 cm³/mol. The SMILES string of the molecule is CC(C)Cn1c(-c2cc(C(C)(C)C)n[nH]c2=O)n[nH]c1=S. The molecule has 0 aliphatic rings. The summed E-state index contributed by atoms with van der Waals surface area (Å²) >= 11 is 5.26. The van der Waals surface area contributed by atoms with Gasteiger partial charge < -0.3 is 0 Å². The van der Waals surface area contributed by atoms with Crippen LogP contribution in [0.15, 0.2) is 10.9 Å². The second kappa shape index (κ2) is 5.55. The molecule has 0 spiro atoms. The van der Waals surface area contributed by atoms with Crippen LogP contribution in [0.4, 0.5) is 0 Å². The largest absolute Gasteiger partial charge is 0.300 e. The number of rotatable bonds is 3. The molecule has 2 rings (SSSR count). The number of H-pyrrole nitrogens is 2. The molecule has 0 saturated carbocycles. The molecule has 0 radical (unpaired) electrons. The van der Waals surface area contributed by atoms with E-state index in [2.05, 4.69) is 34.2 Å². The van der Waals surface area contributed by atoms with Crippen LogP contribution in [0.3, 0.4) is 0 Å². The Morgan fingerprint density at radius 2 is 1.95 bits per heavy atom. The van der Waals surface area contributed by atoms with Crippen LogP contribution in [0.25, 0.3) is 11.4 Å². The van der Waals surface area contributed by atoms with Gasteiger partial charge in [-0.2, -0.15) is 10.2 Å². The van der Waals surface area contributed by atoms with Crippen molar-refractivity contribution in [3.8, 4) is 11.4 Å². The van der Waals surface area contributed by atoms with Gasteiger partial charge in [0, 0.05) is 12.0 Å². The van der Waals surface area contributed by atoms with Crippen molar-refractivity contribution in [3.05, 3.63) is 26.9 Å². The van der Waals surface area contributed by atoms with Gasteiger partial charge in [0.1, 0.15) is 0 Å². The number of hydrogen-bond acceptors (Lipinski definition) is 4. The summed E-state index contributed by atoms with van der Waals surface area (Å²) in [5.74, 6) is 0.957. The summed E-state index contributed by atoms with van der Waals surface area (Å²) in [6.45, 7) is 11.0. The third-order valence-corrected chi connectivity index (χ3v) is 3.43. The fourth-order valence-electron chi connectivity index (χ4n) is 2.01. The first-order valence-corrected chi connectivity index (χ1v) is 7.36. The fraction of sp³-hybridized carbons (Fsp3) is 0.571. The summed E-state index contributed by atoms with van der Waals surface area (Å²) in [6.07, 6.45) is 0. The van der Waals surface area contributed by atoms with Gasteiger partial charge in [-0.3, -0.25) is 14.5 Å². The van der Waals surface area contributed by atoms with Crippen LogP contribution < -0.4 is 5.56 Å². The number of hydrogen-bond donors (Lipinski definition) is 2. The Kier molecular flexibility index (Phi) is 4.13. The summed E-state index contributed by atoms with van der Waals surface area (Å²) in [5, 5.41) is 13.7. The third-order valence-electron chi connectivity index (χ3n) is 3.12. The molecule has 2 N–H and O–H groups in total. The van der Waals surface area contributed by atoms with Crippen LogP contribution in [0.1, 0.15) is 40.3 Å². The van der Waals surface area contributed by atoms with Crippen LogP contribution in [0.5, 0.6) is 0 Å². The highest BCUT2D eigenvalue weighted by atomic mass is 32.1. The van der Waals surface area contributed by atoms with Crippen molar-refractivity contribution < 1.29 is 0 Å². The van der Waals surface area contributed by atoms with Gasteiger partial charge >= 0.3 is 0 Å². The molecule has 114 valence electrons. The topological polar surface area (TPSA) is 79.4 Å². The number of nitrogens with zero attached hydrogens (tertiary/aromatic N) is 3. The van der Waals surface area contributed by atoms with Gasteiger partial charge in [-0.05, 0) is 24.2 Å². The highest BCUT2D eigenvalue weighted by molar-refractivity contribution is 7.71. The molecule has 0 aliphatic carbocycles. The number of aromatic nitrogens is 5. The number of nitrogens with one attached hydrogen (secondary N) is 2. The summed E-state index contributed by atoms with van der Waals surface area (Å²) in [4.78, 5) is 12.1. The maximum Gasteiger partial charge on any atom is 0.275 e. The minimum absolute atomic E-state index is 0.158. The summed E-state index contributed by atoms with van der Waals surface area (Å²) in [7, 11) is 0. The molecular weight excluding hydrogens is 286 g/mol. The molecule has 0 aromatic carbocycles.